The lowest BCUT2D eigenvalue weighted by Crippen LogP contribution is -2.48. The molecule has 0 N–H and O–H groups in total. The zero-order valence-electron chi connectivity index (χ0n) is 21.9. The zero-order valence-corrected chi connectivity index (χ0v) is 24.3. The maximum atomic E-state index is 13.4. The van der Waals surface area contributed by atoms with Gasteiger partial charge in [-0.1, -0.05) is 29.5 Å². The number of aryl methyl sites for hydroxylation is 1. The van der Waals surface area contributed by atoms with Crippen molar-refractivity contribution in [2.24, 2.45) is 0 Å². The van der Waals surface area contributed by atoms with Crippen molar-refractivity contribution in [1.82, 2.24) is 9.88 Å². The summed E-state index contributed by atoms with van der Waals surface area (Å²) in [5.41, 5.74) is 2.93. The summed E-state index contributed by atoms with van der Waals surface area (Å²) in [5, 5.41) is 0.793. The Kier molecular flexibility index (Phi) is 6.79. The Morgan fingerprint density at radius 3 is 2.27 bits per heavy atom. The molecular weight excluding hydrogens is 569 g/mol. The minimum atomic E-state index is -3.74. The summed E-state index contributed by atoms with van der Waals surface area (Å²) >= 11 is 1.44. The number of sulfone groups is 1. The van der Waals surface area contributed by atoms with E-state index in [9.17, 15) is 21.6 Å². The molecule has 1 saturated heterocycles. The molecule has 40 heavy (non-hydrogen) atoms. The van der Waals surface area contributed by atoms with Crippen molar-refractivity contribution in [3.05, 3.63) is 77.9 Å². The summed E-state index contributed by atoms with van der Waals surface area (Å²) in [6.45, 7) is 2.59. The SMILES string of the molecule is CS(=O)(=O)c1ccc2nc(N3CCN(C(=O)c4ccc(S(=O)(=O)N5CCCc6ccccc65)cc4)CC3)sc2c1. The van der Waals surface area contributed by atoms with E-state index in [0.29, 0.717) is 38.3 Å². The smallest absolute Gasteiger partial charge is 0.264 e. The molecule has 208 valence electrons. The second-order valence-electron chi connectivity index (χ2n) is 10.0. The minimum absolute atomic E-state index is 0.144. The summed E-state index contributed by atoms with van der Waals surface area (Å²) in [4.78, 5) is 22.2. The molecule has 1 aromatic heterocycles. The Bertz CT molecular complexity index is 1810. The molecular formula is C28H28N4O5S3. The van der Waals surface area contributed by atoms with E-state index >= 15 is 0 Å². The summed E-state index contributed by atoms with van der Waals surface area (Å²) in [5.74, 6) is -0.144. The molecule has 0 radical (unpaired) electrons. The number of piperazine rings is 1. The first-order valence-corrected chi connectivity index (χ1v) is 17.1. The molecule has 4 aromatic rings. The van der Waals surface area contributed by atoms with Crippen molar-refractivity contribution < 1.29 is 21.6 Å². The monoisotopic (exact) mass is 596 g/mol. The number of rotatable bonds is 5. The Balaban J connectivity index is 1.13. The van der Waals surface area contributed by atoms with Gasteiger partial charge in [0.1, 0.15) is 0 Å². The second-order valence-corrected chi connectivity index (χ2v) is 14.9. The first-order valence-electron chi connectivity index (χ1n) is 13.0. The van der Waals surface area contributed by atoms with Crippen LogP contribution in [-0.2, 0) is 26.3 Å². The molecule has 0 bridgehead atoms. The number of benzene rings is 3. The predicted octanol–water partition coefficient (Wildman–Crippen LogP) is 3.80. The average molecular weight is 597 g/mol. The van der Waals surface area contributed by atoms with E-state index in [1.807, 2.05) is 24.3 Å². The molecule has 2 aliphatic rings. The fourth-order valence-electron chi connectivity index (χ4n) is 5.19. The molecule has 6 rings (SSSR count). The van der Waals surface area contributed by atoms with Crippen molar-refractivity contribution in [3.63, 3.8) is 0 Å². The van der Waals surface area contributed by atoms with Crippen LogP contribution in [0.25, 0.3) is 10.2 Å². The van der Waals surface area contributed by atoms with Crippen LogP contribution in [0.4, 0.5) is 10.8 Å². The van der Waals surface area contributed by atoms with Crippen LogP contribution in [0.2, 0.25) is 0 Å². The first kappa shape index (κ1) is 26.7. The van der Waals surface area contributed by atoms with E-state index < -0.39 is 19.9 Å². The number of hydrogen-bond acceptors (Lipinski definition) is 8. The van der Waals surface area contributed by atoms with Crippen LogP contribution in [0.15, 0.2) is 76.5 Å². The lowest BCUT2D eigenvalue weighted by Gasteiger charge is -2.34. The molecule has 2 aliphatic heterocycles. The van der Waals surface area contributed by atoms with Crippen molar-refractivity contribution in [1.29, 1.82) is 0 Å². The molecule has 0 unspecified atom stereocenters. The van der Waals surface area contributed by atoms with Gasteiger partial charge in [-0.05, 0) is 66.9 Å². The number of carbonyl (C=O) groups excluding carboxylic acids is 1. The van der Waals surface area contributed by atoms with Gasteiger partial charge in [0.05, 0.1) is 25.7 Å². The Morgan fingerprint density at radius 1 is 0.850 bits per heavy atom. The van der Waals surface area contributed by atoms with Crippen molar-refractivity contribution in [2.75, 3.05) is 48.2 Å². The Hall–Kier alpha value is -3.48. The van der Waals surface area contributed by atoms with Gasteiger partial charge in [-0.2, -0.15) is 0 Å². The van der Waals surface area contributed by atoms with Crippen molar-refractivity contribution in [2.45, 2.75) is 22.6 Å². The highest BCUT2D eigenvalue weighted by molar-refractivity contribution is 7.92. The lowest BCUT2D eigenvalue weighted by molar-refractivity contribution is 0.0746. The van der Waals surface area contributed by atoms with Crippen LogP contribution in [0.5, 0.6) is 0 Å². The molecule has 0 aliphatic carbocycles. The predicted molar refractivity (Wildman–Crippen MR) is 157 cm³/mol. The number of anilines is 2. The average Bonchev–Trinajstić information content (AvgIpc) is 3.40. The van der Waals surface area contributed by atoms with Gasteiger partial charge in [0.15, 0.2) is 15.0 Å². The number of thiazole rings is 1. The third kappa shape index (κ3) is 4.95. The molecule has 0 spiro atoms. The van der Waals surface area contributed by atoms with Gasteiger partial charge in [-0.15, -0.1) is 0 Å². The third-order valence-corrected chi connectivity index (χ3v) is 11.4. The number of sulfonamides is 1. The Labute approximate surface area is 237 Å². The number of fused-ring (bicyclic) bond motifs is 2. The summed E-state index contributed by atoms with van der Waals surface area (Å²) < 4.78 is 52.9. The lowest BCUT2D eigenvalue weighted by atomic mass is 10.0. The molecule has 12 heteroatoms. The number of aromatic nitrogens is 1. The molecule has 1 amide bonds. The quantitative estimate of drug-likeness (QED) is 0.345. The van der Waals surface area contributed by atoms with E-state index in [0.717, 1.165) is 39.4 Å². The van der Waals surface area contributed by atoms with E-state index in [1.165, 1.54) is 34.0 Å². The molecule has 1 fully saturated rings. The van der Waals surface area contributed by atoms with Crippen LogP contribution < -0.4 is 9.21 Å². The second kappa shape index (κ2) is 10.2. The van der Waals surface area contributed by atoms with Crippen LogP contribution in [0.1, 0.15) is 22.3 Å². The van der Waals surface area contributed by atoms with Crippen molar-refractivity contribution in [3.8, 4) is 0 Å². The molecule has 9 nitrogen and oxygen atoms in total. The highest BCUT2D eigenvalue weighted by atomic mass is 32.2. The van der Waals surface area contributed by atoms with Gasteiger partial charge >= 0.3 is 0 Å². The van der Waals surface area contributed by atoms with Crippen LogP contribution in [0.3, 0.4) is 0 Å². The van der Waals surface area contributed by atoms with E-state index in [-0.39, 0.29) is 15.7 Å². The summed E-state index contributed by atoms with van der Waals surface area (Å²) in [6, 6.07) is 18.7. The van der Waals surface area contributed by atoms with Gasteiger partial charge < -0.3 is 9.80 Å². The standard InChI is InChI=1S/C28H28N4O5S3/c1-39(34,35)23-12-13-24-26(19-23)38-28(29-24)31-17-15-30(16-18-31)27(33)21-8-10-22(11-9-21)40(36,37)32-14-4-6-20-5-2-3-7-25(20)32/h2-3,5,7-13,19H,4,6,14-18H2,1H3. The maximum absolute atomic E-state index is 13.4. The minimum Gasteiger partial charge on any atom is -0.345 e. The fourth-order valence-corrected chi connectivity index (χ4v) is 8.51. The van der Waals surface area contributed by atoms with Crippen molar-refractivity contribution >= 4 is 58.1 Å². The largest absolute Gasteiger partial charge is 0.345 e. The van der Waals surface area contributed by atoms with E-state index in [4.69, 9.17) is 0 Å². The van der Waals surface area contributed by atoms with Gasteiger partial charge in [-0.25, -0.2) is 21.8 Å². The van der Waals surface area contributed by atoms with Gasteiger partial charge in [0.25, 0.3) is 15.9 Å². The van der Waals surface area contributed by atoms with Crippen LogP contribution in [-0.4, -0.2) is 71.6 Å². The normalized spacial score (nSPS) is 16.3. The number of hydrogen-bond donors (Lipinski definition) is 0. The number of carbonyl (C=O) groups is 1. The summed E-state index contributed by atoms with van der Waals surface area (Å²) in [6.07, 6.45) is 2.80. The van der Waals surface area contributed by atoms with Gasteiger partial charge in [-0.3, -0.25) is 9.10 Å². The molecule has 3 heterocycles. The molecule has 0 saturated carbocycles. The number of nitrogens with zero attached hydrogens (tertiary/aromatic N) is 4. The topological polar surface area (TPSA) is 108 Å². The fraction of sp³-hybridized carbons (Fsp3) is 0.286. The van der Waals surface area contributed by atoms with Gasteiger partial charge in [0.2, 0.25) is 0 Å². The maximum Gasteiger partial charge on any atom is 0.264 e. The summed E-state index contributed by atoms with van der Waals surface area (Å²) in [7, 11) is -7.04. The Morgan fingerprint density at radius 2 is 1.55 bits per heavy atom. The van der Waals surface area contributed by atoms with Crippen LogP contribution >= 0.6 is 11.3 Å². The molecule has 3 aromatic carbocycles. The first-order chi connectivity index (χ1) is 19.1. The van der Waals surface area contributed by atoms with E-state index in [2.05, 4.69) is 9.88 Å². The third-order valence-electron chi connectivity index (χ3n) is 7.37. The zero-order chi connectivity index (χ0) is 28.1. The number of para-hydroxylation sites is 1. The molecule has 0 atom stereocenters. The number of amides is 1. The van der Waals surface area contributed by atoms with E-state index in [1.54, 1.807) is 35.2 Å². The highest BCUT2D eigenvalue weighted by Gasteiger charge is 2.30. The van der Waals surface area contributed by atoms with Crippen LogP contribution in [0, 0.1) is 0 Å². The highest BCUT2D eigenvalue weighted by Crippen LogP contribution is 2.33. The van der Waals surface area contributed by atoms with Gasteiger partial charge in [0, 0.05) is 44.5 Å².